The first kappa shape index (κ1) is 17.0. The van der Waals surface area contributed by atoms with Crippen LogP contribution in [-0.2, 0) is 16.0 Å². The predicted molar refractivity (Wildman–Crippen MR) is 97.3 cm³/mol. The third-order valence-electron chi connectivity index (χ3n) is 4.62. The number of cyclic esters (lactones) is 1. The number of hydrogen-bond acceptors (Lipinski definition) is 5. The standard InChI is InChI=1S/C20H18N4O3/c1-13(14-6-8-16(9-7-14)24-12-21-11-22-24)23-19(25)18-10-15-4-2-3-5-17(15)20(26)27-18/h2-9,11-13,18H,10H2,1H3,(H,23,25). The van der Waals surface area contributed by atoms with Crippen molar-refractivity contribution in [2.24, 2.45) is 0 Å². The number of nitrogens with zero attached hydrogens (tertiary/aromatic N) is 3. The van der Waals surface area contributed by atoms with Gasteiger partial charge >= 0.3 is 5.97 Å². The molecule has 0 spiro atoms. The molecule has 2 unspecified atom stereocenters. The Kier molecular flexibility index (Phi) is 4.42. The number of nitrogens with one attached hydrogen (secondary N) is 1. The number of benzene rings is 2. The molecule has 2 aromatic carbocycles. The topological polar surface area (TPSA) is 86.1 Å². The first-order valence-electron chi connectivity index (χ1n) is 8.66. The van der Waals surface area contributed by atoms with Gasteiger partial charge in [0.2, 0.25) is 0 Å². The minimum Gasteiger partial charge on any atom is -0.448 e. The summed E-state index contributed by atoms with van der Waals surface area (Å²) in [4.78, 5) is 28.6. The van der Waals surface area contributed by atoms with Crippen LogP contribution in [-0.4, -0.2) is 32.7 Å². The highest BCUT2D eigenvalue weighted by molar-refractivity contribution is 5.95. The first-order valence-corrected chi connectivity index (χ1v) is 8.66. The normalized spacial score (nSPS) is 16.9. The van der Waals surface area contributed by atoms with Crippen LogP contribution in [0, 0.1) is 0 Å². The zero-order valence-electron chi connectivity index (χ0n) is 14.7. The third kappa shape index (κ3) is 3.44. The second-order valence-corrected chi connectivity index (χ2v) is 6.42. The van der Waals surface area contributed by atoms with E-state index in [4.69, 9.17) is 4.74 Å². The number of amides is 1. The van der Waals surface area contributed by atoms with Gasteiger partial charge in [0.05, 0.1) is 17.3 Å². The van der Waals surface area contributed by atoms with Crippen LogP contribution in [0.2, 0.25) is 0 Å². The number of fused-ring (bicyclic) bond motifs is 1. The smallest absolute Gasteiger partial charge is 0.339 e. The average molecular weight is 362 g/mol. The summed E-state index contributed by atoms with van der Waals surface area (Å²) in [6, 6.07) is 14.6. The van der Waals surface area contributed by atoms with E-state index >= 15 is 0 Å². The molecule has 1 aliphatic rings. The molecule has 1 N–H and O–H groups in total. The molecule has 27 heavy (non-hydrogen) atoms. The van der Waals surface area contributed by atoms with Crippen LogP contribution in [0.3, 0.4) is 0 Å². The van der Waals surface area contributed by atoms with Crippen LogP contribution in [0.4, 0.5) is 0 Å². The lowest BCUT2D eigenvalue weighted by Gasteiger charge is -2.25. The van der Waals surface area contributed by atoms with E-state index in [1.165, 1.54) is 6.33 Å². The SMILES string of the molecule is CC(NC(=O)C1Cc2ccccc2C(=O)O1)c1ccc(-n2cncn2)cc1. The average Bonchev–Trinajstić information content (AvgIpc) is 3.23. The number of rotatable bonds is 4. The van der Waals surface area contributed by atoms with Crippen molar-refractivity contribution >= 4 is 11.9 Å². The Labute approximate surface area is 156 Å². The van der Waals surface area contributed by atoms with Crippen molar-refractivity contribution in [1.29, 1.82) is 0 Å². The number of carbonyl (C=O) groups excluding carboxylic acids is 2. The van der Waals surface area contributed by atoms with E-state index in [-0.39, 0.29) is 11.9 Å². The van der Waals surface area contributed by atoms with E-state index in [1.807, 2.05) is 43.3 Å². The Morgan fingerprint density at radius 2 is 2.00 bits per heavy atom. The van der Waals surface area contributed by atoms with E-state index in [0.717, 1.165) is 16.8 Å². The maximum atomic E-state index is 12.6. The highest BCUT2D eigenvalue weighted by Crippen LogP contribution is 2.22. The fraction of sp³-hybridized carbons (Fsp3) is 0.200. The minimum atomic E-state index is -0.815. The number of ether oxygens (including phenoxy) is 1. The number of hydrogen-bond donors (Lipinski definition) is 1. The number of aromatic nitrogens is 3. The summed E-state index contributed by atoms with van der Waals surface area (Å²) in [5.74, 6) is -0.757. The molecule has 4 rings (SSSR count). The van der Waals surface area contributed by atoms with Gasteiger partial charge in [0, 0.05) is 6.42 Å². The summed E-state index contributed by atoms with van der Waals surface area (Å²) in [7, 11) is 0. The highest BCUT2D eigenvalue weighted by Gasteiger charge is 2.31. The summed E-state index contributed by atoms with van der Waals surface area (Å²) in [5.41, 5.74) is 3.18. The number of carbonyl (C=O) groups is 2. The highest BCUT2D eigenvalue weighted by atomic mass is 16.5. The van der Waals surface area contributed by atoms with Crippen LogP contribution in [0.15, 0.2) is 61.2 Å². The molecular formula is C20H18N4O3. The van der Waals surface area contributed by atoms with Gasteiger partial charge in [-0.25, -0.2) is 14.5 Å². The van der Waals surface area contributed by atoms with Crippen LogP contribution in [0.25, 0.3) is 5.69 Å². The molecule has 2 heterocycles. The molecule has 7 heteroatoms. The quantitative estimate of drug-likeness (QED) is 0.719. The Bertz CT molecular complexity index is 967. The molecule has 2 atom stereocenters. The van der Waals surface area contributed by atoms with Crippen molar-refractivity contribution in [1.82, 2.24) is 20.1 Å². The molecule has 1 aromatic heterocycles. The molecule has 136 valence electrons. The predicted octanol–water partition coefficient (Wildman–Crippen LogP) is 2.23. The van der Waals surface area contributed by atoms with E-state index in [2.05, 4.69) is 15.4 Å². The Hall–Kier alpha value is -3.48. The fourth-order valence-corrected chi connectivity index (χ4v) is 3.12. The van der Waals surface area contributed by atoms with Gasteiger partial charge < -0.3 is 10.1 Å². The van der Waals surface area contributed by atoms with Crippen molar-refractivity contribution in [2.45, 2.75) is 25.5 Å². The van der Waals surface area contributed by atoms with Crippen LogP contribution in [0.5, 0.6) is 0 Å². The molecule has 1 aliphatic heterocycles. The summed E-state index contributed by atoms with van der Waals surface area (Å²) < 4.78 is 6.97. The maximum absolute atomic E-state index is 12.6. The van der Waals surface area contributed by atoms with E-state index in [1.54, 1.807) is 23.1 Å². The van der Waals surface area contributed by atoms with Crippen LogP contribution < -0.4 is 5.32 Å². The van der Waals surface area contributed by atoms with Crippen LogP contribution >= 0.6 is 0 Å². The molecule has 0 aliphatic carbocycles. The van der Waals surface area contributed by atoms with Crippen molar-refractivity contribution in [3.63, 3.8) is 0 Å². The Morgan fingerprint density at radius 3 is 2.74 bits per heavy atom. The van der Waals surface area contributed by atoms with Crippen molar-refractivity contribution < 1.29 is 14.3 Å². The zero-order chi connectivity index (χ0) is 18.8. The third-order valence-corrected chi connectivity index (χ3v) is 4.62. The van der Waals surface area contributed by atoms with Crippen molar-refractivity contribution in [3.05, 3.63) is 77.9 Å². The molecule has 0 radical (unpaired) electrons. The van der Waals surface area contributed by atoms with E-state index < -0.39 is 12.1 Å². The van der Waals surface area contributed by atoms with Gasteiger partial charge in [0.1, 0.15) is 12.7 Å². The molecule has 1 amide bonds. The maximum Gasteiger partial charge on any atom is 0.339 e. The van der Waals surface area contributed by atoms with Crippen molar-refractivity contribution in [3.8, 4) is 5.69 Å². The van der Waals surface area contributed by atoms with Gasteiger partial charge in [-0.05, 0) is 36.2 Å². The Morgan fingerprint density at radius 1 is 1.22 bits per heavy atom. The molecule has 0 saturated heterocycles. The lowest BCUT2D eigenvalue weighted by molar-refractivity contribution is -0.131. The van der Waals surface area contributed by atoms with Gasteiger partial charge in [-0.3, -0.25) is 4.79 Å². The van der Waals surface area contributed by atoms with Gasteiger partial charge in [-0.2, -0.15) is 5.10 Å². The molecule has 3 aromatic rings. The molecule has 0 bridgehead atoms. The molecule has 0 fully saturated rings. The first-order chi connectivity index (χ1) is 13.1. The van der Waals surface area contributed by atoms with E-state index in [0.29, 0.717) is 12.0 Å². The summed E-state index contributed by atoms with van der Waals surface area (Å²) >= 11 is 0. The monoisotopic (exact) mass is 362 g/mol. The van der Waals surface area contributed by atoms with Crippen LogP contribution in [0.1, 0.15) is 34.5 Å². The zero-order valence-corrected chi connectivity index (χ0v) is 14.7. The fourth-order valence-electron chi connectivity index (χ4n) is 3.12. The summed E-state index contributed by atoms with van der Waals surface area (Å²) in [6.07, 6.45) is 2.66. The van der Waals surface area contributed by atoms with Gasteiger partial charge in [0.15, 0.2) is 6.10 Å². The molecule has 7 nitrogen and oxygen atoms in total. The largest absolute Gasteiger partial charge is 0.448 e. The van der Waals surface area contributed by atoms with Crippen molar-refractivity contribution in [2.75, 3.05) is 0 Å². The second-order valence-electron chi connectivity index (χ2n) is 6.42. The second kappa shape index (κ2) is 7.03. The minimum absolute atomic E-state index is 0.224. The Balaban J connectivity index is 1.43. The summed E-state index contributed by atoms with van der Waals surface area (Å²) in [5, 5.41) is 7.00. The van der Waals surface area contributed by atoms with Gasteiger partial charge in [-0.1, -0.05) is 30.3 Å². The lowest BCUT2D eigenvalue weighted by atomic mass is 9.98. The van der Waals surface area contributed by atoms with Gasteiger partial charge in [0.25, 0.3) is 5.91 Å². The van der Waals surface area contributed by atoms with E-state index in [9.17, 15) is 9.59 Å². The van der Waals surface area contributed by atoms with Gasteiger partial charge in [-0.15, -0.1) is 0 Å². The summed E-state index contributed by atoms with van der Waals surface area (Å²) in [6.45, 7) is 1.89. The lowest BCUT2D eigenvalue weighted by Crippen LogP contribution is -2.42. The molecule has 0 saturated carbocycles. The number of esters is 1. The molecular weight excluding hydrogens is 344 g/mol.